The van der Waals surface area contributed by atoms with Crippen molar-refractivity contribution in [1.82, 2.24) is 0 Å². The van der Waals surface area contributed by atoms with Crippen molar-refractivity contribution in [3.05, 3.63) is 41.0 Å². The van der Waals surface area contributed by atoms with Gasteiger partial charge in [0, 0.05) is 6.04 Å². The molecule has 2 aliphatic carbocycles. The zero-order valence-electron chi connectivity index (χ0n) is 7.59. The summed E-state index contributed by atoms with van der Waals surface area (Å²) in [6.07, 6.45) is 3.36. The van der Waals surface area contributed by atoms with Gasteiger partial charge in [0.05, 0.1) is 0 Å². The topological polar surface area (TPSA) is 26.0 Å². The third-order valence-corrected chi connectivity index (χ3v) is 3.15. The molecule has 0 aromatic heterocycles. The maximum atomic E-state index is 5.94. The van der Waals surface area contributed by atoms with Gasteiger partial charge in [-0.3, -0.25) is 0 Å². The van der Waals surface area contributed by atoms with E-state index in [1.54, 1.807) is 11.1 Å². The van der Waals surface area contributed by atoms with Crippen LogP contribution in [0, 0.1) is 0 Å². The highest BCUT2D eigenvalue weighted by Gasteiger charge is 2.28. The molecule has 13 heavy (non-hydrogen) atoms. The summed E-state index contributed by atoms with van der Waals surface area (Å²) in [6.45, 7) is 0. The van der Waals surface area contributed by atoms with Crippen LogP contribution in [-0.2, 0) is 6.42 Å². The molecule has 0 fully saturated rings. The van der Waals surface area contributed by atoms with Crippen LogP contribution in [0.1, 0.15) is 24.0 Å². The van der Waals surface area contributed by atoms with Gasteiger partial charge in [0.25, 0.3) is 0 Å². The molecular formula is C12H13N. The van der Waals surface area contributed by atoms with Gasteiger partial charge in [-0.05, 0) is 36.0 Å². The maximum absolute atomic E-state index is 5.94. The average molecular weight is 171 g/mol. The summed E-state index contributed by atoms with van der Waals surface area (Å²) in [5.41, 5.74) is 12.0. The molecule has 1 unspecified atom stereocenters. The maximum Gasteiger partial charge on any atom is 0.0117 e. The van der Waals surface area contributed by atoms with Gasteiger partial charge in [0.2, 0.25) is 0 Å². The third kappa shape index (κ3) is 0.971. The molecular weight excluding hydrogens is 158 g/mol. The molecule has 0 spiro atoms. The summed E-state index contributed by atoms with van der Waals surface area (Å²) in [6, 6.07) is 9.10. The van der Waals surface area contributed by atoms with Crippen LogP contribution in [0.4, 0.5) is 0 Å². The van der Waals surface area contributed by atoms with Gasteiger partial charge in [0.1, 0.15) is 0 Å². The average Bonchev–Trinajstić information content (AvgIpc) is 2.60. The Morgan fingerprint density at radius 1 is 1.15 bits per heavy atom. The molecule has 0 saturated carbocycles. The second-order valence-electron chi connectivity index (χ2n) is 4.08. The van der Waals surface area contributed by atoms with Crippen LogP contribution in [0.5, 0.6) is 0 Å². The summed E-state index contributed by atoms with van der Waals surface area (Å²) in [5.74, 6) is 0. The van der Waals surface area contributed by atoms with Crippen LogP contribution in [0.15, 0.2) is 29.8 Å². The van der Waals surface area contributed by atoms with E-state index >= 15 is 0 Å². The second kappa shape index (κ2) is 2.46. The fourth-order valence-electron chi connectivity index (χ4n) is 2.60. The molecule has 0 radical (unpaired) electrons. The molecule has 0 bridgehead atoms. The van der Waals surface area contributed by atoms with Crippen molar-refractivity contribution in [2.75, 3.05) is 0 Å². The van der Waals surface area contributed by atoms with E-state index in [1.807, 2.05) is 0 Å². The van der Waals surface area contributed by atoms with Crippen molar-refractivity contribution < 1.29 is 0 Å². The quantitative estimate of drug-likeness (QED) is 0.635. The van der Waals surface area contributed by atoms with Gasteiger partial charge < -0.3 is 5.73 Å². The molecule has 66 valence electrons. The Morgan fingerprint density at radius 3 is 2.92 bits per heavy atom. The van der Waals surface area contributed by atoms with E-state index < -0.39 is 0 Å². The Hall–Kier alpha value is -1.08. The van der Waals surface area contributed by atoms with Crippen molar-refractivity contribution in [2.24, 2.45) is 5.73 Å². The van der Waals surface area contributed by atoms with E-state index in [4.69, 9.17) is 5.73 Å². The normalized spacial score (nSPS) is 24.8. The fraction of sp³-hybridized carbons (Fsp3) is 0.333. The minimum Gasteiger partial charge on any atom is -0.327 e. The molecule has 3 rings (SSSR count). The SMILES string of the molecule is NC1CC2=C(C1)c1ccccc1C2. The zero-order valence-corrected chi connectivity index (χ0v) is 7.59. The highest BCUT2D eigenvalue weighted by atomic mass is 14.6. The minimum absolute atomic E-state index is 0.387. The summed E-state index contributed by atoms with van der Waals surface area (Å²) >= 11 is 0. The lowest BCUT2D eigenvalue weighted by Crippen LogP contribution is -2.16. The van der Waals surface area contributed by atoms with Crippen molar-refractivity contribution in [2.45, 2.75) is 25.3 Å². The number of rotatable bonds is 0. The monoisotopic (exact) mass is 171 g/mol. The number of fused-ring (bicyclic) bond motifs is 2. The van der Waals surface area contributed by atoms with Crippen LogP contribution >= 0.6 is 0 Å². The Morgan fingerprint density at radius 2 is 2.00 bits per heavy atom. The van der Waals surface area contributed by atoms with Crippen molar-refractivity contribution in [3.63, 3.8) is 0 Å². The molecule has 2 aliphatic rings. The minimum atomic E-state index is 0.387. The first-order chi connectivity index (χ1) is 6.34. The van der Waals surface area contributed by atoms with E-state index in [2.05, 4.69) is 24.3 Å². The van der Waals surface area contributed by atoms with Gasteiger partial charge in [-0.15, -0.1) is 0 Å². The lowest BCUT2D eigenvalue weighted by molar-refractivity contribution is 0.713. The van der Waals surface area contributed by atoms with E-state index in [0.717, 1.165) is 19.3 Å². The Bertz CT molecular complexity index is 390. The second-order valence-corrected chi connectivity index (χ2v) is 4.08. The van der Waals surface area contributed by atoms with Gasteiger partial charge in [0.15, 0.2) is 0 Å². The predicted molar refractivity (Wildman–Crippen MR) is 54.3 cm³/mol. The Kier molecular flexibility index (Phi) is 1.39. The summed E-state index contributed by atoms with van der Waals surface area (Å²) < 4.78 is 0. The summed E-state index contributed by atoms with van der Waals surface area (Å²) in [5, 5.41) is 0. The molecule has 1 aromatic carbocycles. The van der Waals surface area contributed by atoms with Crippen LogP contribution in [0.3, 0.4) is 0 Å². The van der Waals surface area contributed by atoms with Gasteiger partial charge in [-0.1, -0.05) is 29.8 Å². The van der Waals surface area contributed by atoms with Crippen LogP contribution in [-0.4, -0.2) is 6.04 Å². The predicted octanol–water partition coefficient (Wildman–Crippen LogP) is 2.12. The Labute approximate surface area is 78.3 Å². The van der Waals surface area contributed by atoms with E-state index in [9.17, 15) is 0 Å². The molecule has 1 heteroatoms. The van der Waals surface area contributed by atoms with E-state index in [-0.39, 0.29) is 0 Å². The van der Waals surface area contributed by atoms with E-state index in [0.29, 0.717) is 6.04 Å². The van der Waals surface area contributed by atoms with E-state index in [1.165, 1.54) is 11.1 Å². The molecule has 0 aliphatic heterocycles. The fourth-order valence-corrected chi connectivity index (χ4v) is 2.60. The standard InChI is InChI=1S/C12H13N/c13-10-6-9-5-8-3-1-2-4-11(8)12(9)7-10/h1-4,10H,5-7,13H2. The van der Waals surface area contributed by atoms with Crippen LogP contribution in [0.25, 0.3) is 5.57 Å². The number of hydrogen-bond acceptors (Lipinski definition) is 1. The number of benzene rings is 1. The molecule has 1 aromatic rings. The number of hydrogen-bond donors (Lipinski definition) is 1. The first-order valence-corrected chi connectivity index (χ1v) is 4.89. The smallest absolute Gasteiger partial charge is 0.0117 e. The van der Waals surface area contributed by atoms with Crippen molar-refractivity contribution >= 4 is 5.57 Å². The molecule has 0 amide bonds. The van der Waals surface area contributed by atoms with Crippen molar-refractivity contribution in [1.29, 1.82) is 0 Å². The van der Waals surface area contributed by atoms with Gasteiger partial charge >= 0.3 is 0 Å². The van der Waals surface area contributed by atoms with Crippen molar-refractivity contribution in [3.8, 4) is 0 Å². The summed E-state index contributed by atoms with van der Waals surface area (Å²) in [7, 11) is 0. The Balaban J connectivity index is 2.09. The third-order valence-electron chi connectivity index (χ3n) is 3.15. The molecule has 1 atom stereocenters. The highest BCUT2D eigenvalue weighted by Crippen LogP contribution is 2.42. The lowest BCUT2D eigenvalue weighted by Gasteiger charge is -2.06. The molecule has 1 nitrogen and oxygen atoms in total. The number of nitrogens with two attached hydrogens (primary N) is 1. The van der Waals surface area contributed by atoms with Crippen LogP contribution in [0.2, 0.25) is 0 Å². The molecule has 0 heterocycles. The first kappa shape index (κ1) is 7.34. The van der Waals surface area contributed by atoms with Gasteiger partial charge in [-0.2, -0.15) is 0 Å². The molecule has 0 saturated heterocycles. The summed E-state index contributed by atoms with van der Waals surface area (Å²) in [4.78, 5) is 0. The van der Waals surface area contributed by atoms with Crippen LogP contribution < -0.4 is 5.73 Å². The first-order valence-electron chi connectivity index (χ1n) is 4.89. The largest absolute Gasteiger partial charge is 0.327 e. The van der Waals surface area contributed by atoms with Gasteiger partial charge in [-0.25, -0.2) is 0 Å². The molecule has 2 N–H and O–H groups in total. The zero-order chi connectivity index (χ0) is 8.84. The lowest BCUT2D eigenvalue weighted by atomic mass is 10.0. The highest BCUT2D eigenvalue weighted by molar-refractivity contribution is 5.78.